The van der Waals surface area contributed by atoms with E-state index in [1.807, 2.05) is 0 Å². The molecule has 9 heteroatoms. The Hall–Kier alpha value is 1.98. The molecule has 0 fully saturated rings. The Balaban J connectivity index is 0. The van der Waals surface area contributed by atoms with Crippen LogP contribution in [0.25, 0.3) is 0 Å². The van der Waals surface area contributed by atoms with Crippen molar-refractivity contribution in [3.8, 4) is 0 Å². The molecule has 0 saturated carbocycles. The molecule has 4 nitrogen and oxygen atoms in total. The van der Waals surface area contributed by atoms with E-state index in [0.717, 1.165) is 0 Å². The summed E-state index contributed by atoms with van der Waals surface area (Å²) in [4.78, 5) is 19.7. The molecule has 0 bridgehead atoms. The van der Waals surface area contributed by atoms with Crippen LogP contribution in [0.3, 0.4) is 0 Å². The van der Waals surface area contributed by atoms with Crippen LogP contribution in [0.15, 0.2) is 0 Å². The number of rotatable bonds is 3. The summed E-state index contributed by atoms with van der Waals surface area (Å²) in [7, 11) is -5.15. The smallest absolute Gasteiger partial charge is 0.790 e. The van der Waals surface area contributed by atoms with Gasteiger partial charge in [-0.1, -0.05) is 23.2 Å². The standard InChI is InChI=1S/C2H4Cl3O4P.Na/c3-1-2(4,5)9-10(6,7)8;/h1H2,(H2,6,7,8);/q;+1/p-2. The quantitative estimate of drug-likeness (QED) is 0.308. The third-order valence-electron chi connectivity index (χ3n) is 0.401. The average molecular weight is 250 g/mol. The maximum atomic E-state index is 9.83. The molecule has 0 aromatic carbocycles. The van der Waals surface area contributed by atoms with Gasteiger partial charge in [-0.15, -0.1) is 11.6 Å². The number of phosphoric ester groups is 1. The Bertz CT molecular complexity index is 157. The molecule has 0 radical (unpaired) electrons. The Morgan fingerprint density at radius 3 is 1.91 bits per heavy atom. The van der Waals surface area contributed by atoms with Gasteiger partial charge < -0.3 is 18.9 Å². The summed E-state index contributed by atoms with van der Waals surface area (Å²) in [5, 5.41) is 0. The van der Waals surface area contributed by atoms with E-state index < -0.39 is 18.2 Å². The van der Waals surface area contributed by atoms with Crippen LogP contribution >= 0.6 is 42.6 Å². The molecular formula is C2H2Cl3NaO4P-. The second-order valence-corrected chi connectivity index (χ2v) is 4.07. The minimum atomic E-state index is -5.15. The molecule has 62 valence electrons. The molecule has 11 heavy (non-hydrogen) atoms. The molecular weight excluding hydrogens is 248 g/mol. The molecule has 0 aromatic rings. The summed E-state index contributed by atoms with van der Waals surface area (Å²) in [6.45, 7) is 0. The van der Waals surface area contributed by atoms with Crippen LogP contribution < -0.4 is 39.3 Å². The average Bonchev–Trinajstić information content (AvgIpc) is 1.60. The van der Waals surface area contributed by atoms with Gasteiger partial charge in [0.2, 0.25) is 4.52 Å². The van der Waals surface area contributed by atoms with Crippen molar-refractivity contribution in [2.45, 2.75) is 4.52 Å². The van der Waals surface area contributed by atoms with Crippen molar-refractivity contribution in [3.05, 3.63) is 0 Å². The first kappa shape index (κ1) is 15.5. The van der Waals surface area contributed by atoms with Crippen molar-refractivity contribution in [1.29, 1.82) is 0 Å². The van der Waals surface area contributed by atoms with Crippen molar-refractivity contribution in [2.24, 2.45) is 0 Å². The second kappa shape index (κ2) is 5.66. The maximum Gasteiger partial charge on any atom is 1.00 e. The largest absolute Gasteiger partial charge is 1.00 e. The summed E-state index contributed by atoms with van der Waals surface area (Å²) < 4.78 is 11.3. The van der Waals surface area contributed by atoms with Gasteiger partial charge in [0.25, 0.3) is 0 Å². The zero-order valence-electron chi connectivity index (χ0n) is 5.42. The number of halogens is 3. The number of alkyl halides is 3. The van der Waals surface area contributed by atoms with E-state index >= 15 is 0 Å². The van der Waals surface area contributed by atoms with Crippen molar-refractivity contribution < 1.29 is 48.4 Å². The minimum absolute atomic E-state index is 0. The molecule has 0 N–H and O–H groups in total. The van der Waals surface area contributed by atoms with Crippen LogP contribution in [0.1, 0.15) is 0 Å². The Morgan fingerprint density at radius 2 is 1.82 bits per heavy atom. The Kier molecular flexibility index (Phi) is 7.95. The van der Waals surface area contributed by atoms with Crippen LogP contribution in [0.5, 0.6) is 0 Å². The fourth-order valence-corrected chi connectivity index (χ4v) is 1.22. The molecule has 0 rings (SSSR count). The zero-order chi connectivity index (χ0) is 8.41. The molecule has 0 unspecified atom stereocenters. The van der Waals surface area contributed by atoms with Gasteiger partial charge in [0.1, 0.15) is 0 Å². The van der Waals surface area contributed by atoms with Crippen molar-refractivity contribution in [2.75, 3.05) is 5.88 Å². The molecule has 0 aromatic heterocycles. The third kappa shape index (κ3) is 9.90. The molecule has 0 spiro atoms. The fraction of sp³-hybridized carbons (Fsp3) is 1.00. The summed E-state index contributed by atoms with van der Waals surface area (Å²) in [6.07, 6.45) is 0. The van der Waals surface area contributed by atoms with E-state index in [1.54, 1.807) is 0 Å². The van der Waals surface area contributed by atoms with Gasteiger partial charge in [0.05, 0.1) is 13.7 Å². The Labute approximate surface area is 101 Å². The van der Waals surface area contributed by atoms with Crippen molar-refractivity contribution >= 4 is 42.6 Å². The van der Waals surface area contributed by atoms with E-state index in [-0.39, 0.29) is 29.6 Å². The summed E-state index contributed by atoms with van der Waals surface area (Å²) >= 11 is 15.1. The molecule has 0 amide bonds. The first-order valence-electron chi connectivity index (χ1n) is 1.93. The van der Waals surface area contributed by atoms with E-state index in [1.165, 1.54) is 0 Å². The molecule has 0 aliphatic rings. The van der Waals surface area contributed by atoms with Crippen LogP contribution in [0.4, 0.5) is 0 Å². The number of phosphoric acid groups is 1. The summed E-state index contributed by atoms with van der Waals surface area (Å²) in [6, 6.07) is 0. The van der Waals surface area contributed by atoms with Gasteiger partial charge in [0, 0.05) is 0 Å². The van der Waals surface area contributed by atoms with E-state index in [2.05, 4.69) is 4.52 Å². The van der Waals surface area contributed by atoms with Crippen LogP contribution in [-0.2, 0) is 9.09 Å². The molecule has 0 heterocycles. The Morgan fingerprint density at radius 1 is 1.45 bits per heavy atom. The minimum Gasteiger partial charge on any atom is -0.790 e. The fourth-order valence-electron chi connectivity index (χ4n) is 0.188. The third-order valence-corrected chi connectivity index (χ3v) is 2.22. The first-order chi connectivity index (χ1) is 4.27. The SMILES string of the molecule is O=P([O-])([O-])OC(Cl)(Cl)CCl.[Na+]. The summed E-state index contributed by atoms with van der Waals surface area (Å²) in [5.41, 5.74) is 0. The van der Waals surface area contributed by atoms with Crippen LogP contribution in [-0.4, -0.2) is 10.4 Å². The number of hydrogen-bond acceptors (Lipinski definition) is 4. The maximum absolute atomic E-state index is 9.83. The first-order valence-corrected chi connectivity index (χ1v) is 4.68. The number of hydrogen-bond donors (Lipinski definition) is 0. The predicted octanol–water partition coefficient (Wildman–Crippen LogP) is -2.79. The van der Waals surface area contributed by atoms with E-state index in [4.69, 9.17) is 34.8 Å². The normalized spacial score (nSPS) is 12.5. The van der Waals surface area contributed by atoms with Gasteiger partial charge in [-0.2, -0.15) is 0 Å². The van der Waals surface area contributed by atoms with Crippen molar-refractivity contribution in [1.82, 2.24) is 0 Å². The van der Waals surface area contributed by atoms with Gasteiger partial charge in [0.15, 0.2) is 0 Å². The predicted molar refractivity (Wildman–Crippen MR) is 33.8 cm³/mol. The topological polar surface area (TPSA) is 72.4 Å². The van der Waals surface area contributed by atoms with Gasteiger partial charge in [-0.3, -0.25) is 0 Å². The molecule has 0 aliphatic carbocycles. The van der Waals surface area contributed by atoms with Crippen LogP contribution in [0.2, 0.25) is 0 Å². The molecule has 0 atom stereocenters. The molecule has 0 aliphatic heterocycles. The monoisotopic (exact) mass is 249 g/mol. The van der Waals surface area contributed by atoms with Crippen molar-refractivity contribution in [3.63, 3.8) is 0 Å². The van der Waals surface area contributed by atoms with Gasteiger partial charge in [-0.25, -0.2) is 0 Å². The zero-order valence-corrected chi connectivity index (χ0v) is 10.6. The second-order valence-electron chi connectivity index (χ2n) is 1.31. The van der Waals surface area contributed by atoms with Crippen LogP contribution in [0, 0.1) is 0 Å². The van der Waals surface area contributed by atoms with Gasteiger partial charge in [-0.05, 0) is 0 Å². The van der Waals surface area contributed by atoms with Gasteiger partial charge >= 0.3 is 29.6 Å². The van der Waals surface area contributed by atoms with E-state index in [0.29, 0.717) is 0 Å². The molecule has 0 saturated heterocycles. The van der Waals surface area contributed by atoms with E-state index in [9.17, 15) is 14.4 Å². The summed E-state index contributed by atoms with van der Waals surface area (Å²) in [5.74, 6) is -0.509.